The van der Waals surface area contributed by atoms with Gasteiger partial charge in [0, 0.05) is 26.1 Å². The molecule has 0 radical (unpaired) electrons. The van der Waals surface area contributed by atoms with Gasteiger partial charge in [-0.15, -0.1) is 30.6 Å². The van der Waals surface area contributed by atoms with Gasteiger partial charge in [0.25, 0.3) is 0 Å². The van der Waals surface area contributed by atoms with E-state index in [9.17, 15) is 0 Å². The third-order valence-corrected chi connectivity index (χ3v) is 2.86. The van der Waals surface area contributed by atoms with Crippen molar-refractivity contribution in [1.29, 1.82) is 0 Å². The predicted molar refractivity (Wildman–Crippen MR) is 89.1 cm³/mol. The van der Waals surface area contributed by atoms with Crippen LogP contribution < -0.4 is 10.6 Å². The Bertz CT molecular complexity index is 385. The first-order valence-electron chi connectivity index (χ1n) is 6.54. The van der Waals surface area contributed by atoms with Gasteiger partial charge in [-0.05, 0) is 30.9 Å². The van der Waals surface area contributed by atoms with E-state index >= 15 is 0 Å². The molecule has 1 saturated carbocycles. The standard InChI is InChI=1S/C14H21N3O.HI/c1-2-8-15-14(17-11-12-5-6-12)16-9-7-13-4-3-10-18-13;/h2-4,10,12H,1,5-9,11H2,(H2,15,16,17);1H. The van der Waals surface area contributed by atoms with Crippen LogP contribution in [0.1, 0.15) is 18.6 Å². The molecule has 19 heavy (non-hydrogen) atoms. The van der Waals surface area contributed by atoms with Crippen LogP contribution in [0.2, 0.25) is 0 Å². The van der Waals surface area contributed by atoms with Crippen LogP contribution in [0.15, 0.2) is 40.5 Å². The van der Waals surface area contributed by atoms with E-state index in [2.05, 4.69) is 22.2 Å². The first-order chi connectivity index (χ1) is 8.88. The Morgan fingerprint density at radius 3 is 2.95 bits per heavy atom. The summed E-state index contributed by atoms with van der Waals surface area (Å²) in [6.07, 6.45) is 7.05. The molecule has 1 aliphatic rings. The molecule has 1 fully saturated rings. The van der Waals surface area contributed by atoms with Crippen molar-refractivity contribution in [3.63, 3.8) is 0 Å². The largest absolute Gasteiger partial charge is 0.469 e. The summed E-state index contributed by atoms with van der Waals surface area (Å²) in [5.41, 5.74) is 0. The minimum Gasteiger partial charge on any atom is -0.469 e. The van der Waals surface area contributed by atoms with Crippen LogP contribution in [0.25, 0.3) is 0 Å². The highest BCUT2D eigenvalue weighted by molar-refractivity contribution is 14.0. The zero-order valence-electron chi connectivity index (χ0n) is 11.1. The maximum Gasteiger partial charge on any atom is 0.191 e. The maximum atomic E-state index is 5.29. The van der Waals surface area contributed by atoms with Gasteiger partial charge in [0.15, 0.2) is 5.96 Å². The summed E-state index contributed by atoms with van der Waals surface area (Å²) in [5, 5.41) is 6.53. The van der Waals surface area contributed by atoms with Crippen LogP contribution in [-0.2, 0) is 6.42 Å². The van der Waals surface area contributed by atoms with E-state index in [1.165, 1.54) is 12.8 Å². The molecule has 1 aliphatic carbocycles. The summed E-state index contributed by atoms with van der Waals surface area (Å²) < 4.78 is 5.29. The fourth-order valence-corrected chi connectivity index (χ4v) is 1.62. The molecule has 0 unspecified atom stereocenters. The average molecular weight is 375 g/mol. The van der Waals surface area contributed by atoms with E-state index in [4.69, 9.17) is 4.42 Å². The summed E-state index contributed by atoms with van der Waals surface area (Å²) in [6, 6.07) is 3.90. The molecule has 2 N–H and O–H groups in total. The lowest BCUT2D eigenvalue weighted by Crippen LogP contribution is -2.38. The van der Waals surface area contributed by atoms with Crippen molar-refractivity contribution in [3.05, 3.63) is 36.8 Å². The normalized spacial score (nSPS) is 14.6. The second-order valence-electron chi connectivity index (χ2n) is 4.56. The van der Waals surface area contributed by atoms with Crippen molar-refractivity contribution in [2.75, 3.05) is 19.6 Å². The number of halogens is 1. The van der Waals surface area contributed by atoms with E-state index in [1.54, 1.807) is 6.26 Å². The fraction of sp³-hybridized carbons (Fsp3) is 0.500. The molecule has 1 aromatic rings. The molecule has 0 aromatic carbocycles. The first-order valence-corrected chi connectivity index (χ1v) is 6.54. The number of rotatable bonds is 7. The Morgan fingerprint density at radius 1 is 1.47 bits per heavy atom. The Hall–Kier alpha value is -0.980. The van der Waals surface area contributed by atoms with E-state index in [0.29, 0.717) is 0 Å². The van der Waals surface area contributed by atoms with Crippen LogP contribution in [0.4, 0.5) is 0 Å². The monoisotopic (exact) mass is 375 g/mol. The second-order valence-corrected chi connectivity index (χ2v) is 4.56. The Morgan fingerprint density at radius 2 is 2.32 bits per heavy atom. The molecule has 0 saturated heterocycles. The lowest BCUT2D eigenvalue weighted by Gasteiger charge is -2.10. The van der Waals surface area contributed by atoms with Gasteiger partial charge < -0.3 is 15.1 Å². The molecule has 0 atom stereocenters. The molecule has 1 aromatic heterocycles. The van der Waals surface area contributed by atoms with E-state index in [1.807, 2.05) is 18.2 Å². The van der Waals surface area contributed by atoms with Crippen molar-refractivity contribution in [1.82, 2.24) is 10.6 Å². The second kappa shape index (κ2) is 9.01. The molecule has 0 aliphatic heterocycles. The highest BCUT2D eigenvalue weighted by Gasteiger charge is 2.20. The maximum absolute atomic E-state index is 5.29. The minimum absolute atomic E-state index is 0. The molecule has 106 valence electrons. The quantitative estimate of drug-likeness (QED) is 0.333. The molecular weight excluding hydrogens is 353 g/mol. The van der Waals surface area contributed by atoms with Crippen LogP contribution in [0.5, 0.6) is 0 Å². The number of hydrogen-bond acceptors (Lipinski definition) is 2. The third-order valence-electron chi connectivity index (χ3n) is 2.86. The number of guanidine groups is 1. The number of nitrogens with zero attached hydrogens (tertiary/aromatic N) is 1. The Balaban J connectivity index is 0.00000180. The van der Waals surface area contributed by atoms with Crippen molar-refractivity contribution < 1.29 is 4.42 Å². The number of nitrogens with one attached hydrogen (secondary N) is 2. The van der Waals surface area contributed by atoms with Crippen molar-refractivity contribution in [2.45, 2.75) is 19.3 Å². The van der Waals surface area contributed by atoms with Crippen molar-refractivity contribution >= 4 is 29.9 Å². The summed E-state index contributed by atoms with van der Waals surface area (Å²) in [7, 11) is 0. The SMILES string of the molecule is C=CCNC(=NCC1CC1)NCCc1ccco1.I. The first kappa shape index (κ1) is 16.1. The molecule has 1 heterocycles. The fourth-order valence-electron chi connectivity index (χ4n) is 1.62. The molecule has 0 bridgehead atoms. The smallest absolute Gasteiger partial charge is 0.191 e. The lowest BCUT2D eigenvalue weighted by molar-refractivity contribution is 0.507. The van der Waals surface area contributed by atoms with Gasteiger partial charge in [-0.25, -0.2) is 0 Å². The lowest BCUT2D eigenvalue weighted by atomic mass is 10.3. The van der Waals surface area contributed by atoms with E-state index < -0.39 is 0 Å². The van der Waals surface area contributed by atoms with Gasteiger partial charge in [-0.1, -0.05) is 6.08 Å². The summed E-state index contributed by atoms with van der Waals surface area (Å²) in [5.74, 6) is 2.67. The zero-order chi connectivity index (χ0) is 12.6. The topological polar surface area (TPSA) is 49.6 Å². The van der Waals surface area contributed by atoms with E-state index in [0.717, 1.165) is 43.7 Å². The van der Waals surface area contributed by atoms with Gasteiger partial charge in [0.05, 0.1) is 6.26 Å². The highest BCUT2D eigenvalue weighted by Crippen LogP contribution is 2.28. The molecule has 5 heteroatoms. The van der Waals surface area contributed by atoms with Gasteiger partial charge >= 0.3 is 0 Å². The molecular formula is C14H22IN3O. The predicted octanol–water partition coefficient (Wildman–Crippen LogP) is 2.57. The third kappa shape index (κ3) is 6.66. The van der Waals surface area contributed by atoms with Crippen LogP contribution in [0.3, 0.4) is 0 Å². The van der Waals surface area contributed by atoms with Gasteiger partial charge in [0.1, 0.15) is 5.76 Å². The van der Waals surface area contributed by atoms with Gasteiger partial charge in [-0.2, -0.15) is 0 Å². The van der Waals surface area contributed by atoms with Crippen LogP contribution >= 0.6 is 24.0 Å². The van der Waals surface area contributed by atoms with Gasteiger partial charge in [-0.3, -0.25) is 4.99 Å². The van der Waals surface area contributed by atoms with Crippen LogP contribution in [0, 0.1) is 5.92 Å². The molecule has 0 spiro atoms. The average Bonchev–Trinajstić information content (AvgIpc) is 3.07. The zero-order valence-corrected chi connectivity index (χ0v) is 13.4. The summed E-state index contributed by atoms with van der Waals surface area (Å²) in [4.78, 5) is 4.56. The summed E-state index contributed by atoms with van der Waals surface area (Å²) in [6.45, 7) is 6.18. The molecule has 4 nitrogen and oxygen atoms in total. The van der Waals surface area contributed by atoms with E-state index in [-0.39, 0.29) is 24.0 Å². The Kier molecular flexibility index (Phi) is 7.62. The van der Waals surface area contributed by atoms with Gasteiger partial charge in [0.2, 0.25) is 0 Å². The van der Waals surface area contributed by atoms with Crippen molar-refractivity contribution in [2.24, 2.45) is 10.9 Å². The highest BCUT2D eigenvalue weighted by atomic mass is 127. The molecule has 2 rings (SSSR count). The van der Waals surface area contributed by atoms with Crippen LogP contribution in [-0.4, -0.2) is 25.6 Å². The molecule has 0 amide bonds. The Labute approximate surface area is 131 Å². The summed E-state index contributed by atoms with van der Waals surface area (Å²) >= 11 is 0. The minimum atomic E-state index is 0. The van der Waals surface area contributed by atoms with Crippen molar-refractivity contribution in [3.8, 4) is 0 Å². The number of hydrogen-bond donors (Lipinski definition) is 2. The number of aliphatic imine (C=N–C) groups is 1. The number of furan rings is 1.